The van der Waals surface area contributed by atoms with E-state index in [0.29, 0.717) is 0 Å². The van der Waals surface area contributed by atoms with Gasteiger partial charge in [-0.15, -0.1) is 0 Å². The molecule has 0 radical (unpaired) electrons. The highest BCUT2D eigenvalue weighted by atomic mass is 14.8. The second-order valence-corrected chi connectivity index (χ2v) is 7.96. The summed E-state index contributed by atoms with van der Waals surface area (Å²) in [7, 11) is 2.02. The second-order valence-electron chi connectivity index (χ2n) is 7.96. The smallest absolute Gasteiger partial charge is 0.0370 e. The first-order chi connectivity index (χ1) is 12.9. The average Bonchev–Trinajstić information content (AvgIpc) is 2.68. The lowest BCUT2D eigenvalue weighted by atomic mass is 10.0. The summed E-state index contributed by atoms with van der Waals surface area (Å²) in [5.41, 5.74) is 2.77. The zero-order valence-corrected chi connectivity index (χ0v) is 17.8. The van der Waals surface area contributed by atoms with Gasteiger partial charge in [-0.1, -0.05) is 121 Å². The van der Waals surface area contributed by atoms with E-state index in [1.165, 1.54) is 120 Å². The van der Waals surface area contributed by atoms with E-state index >= 15 is 0 Å². The summed E-state index contributed by atoms with van der Waals surface area (Å²) in [5, 5.41) is 3.30. The van der Waals surface area contributed by atoms with Crippen LogP contribution in [0.1, 0.15) is 115 Å². The Morgan fingerprint density at radius 3 is 1.46 bits per heavy atom. The van der Waals surface area contributed by atoms with Crippen molar-refractivity contribution in [2.24, 2.45) is 0 Å². The first-order valence-electron chi connectivity index (χ1n) is 11.6. The van der Waals surface area contributed by atoms with Gasteiger partial charge < -0.3 is 5.32 Å². The van der Waals surface area contributed by atoms with E-state index in [1.54, 1.807) is 0 Å². The molecule has 1 N–H and O–H groups in total. The van der Waals surface area contributed by atoms with E-state index < -0.39 is 0 Å². The summed E-state index contributed by atoms with van der Waals surface area (Å²) in [4.78, 5) is 0. The van der Waals surface area contributed by atoms with Gasteiger partial charge in [0.2, 0.25) is 0 Å². The van der Waals surface area contributed by atoms with Crippen LogP contribution >= 0.6 is 0 Å². The van der Waals surface area contributed by atoms with Gasteiger partial charge in [0.1, 0.15) is 0 Å². The lowest BCUT2D eigenvalue weighted by Crippen LogP contribution is -1.95. The van der Waals surface area contributed by atoms with E-state index in [9.17, 15) is 0 Å². The third-order valence-electron chi connectivity index (χ3n) is 5.59. The van der Waals surface area contributed by atoms with Crippen LogP contribution in [-0.2, 0) is 6.42 Å². The molecule has 0 atom stereocenters. The van der Waals surface area contributed by atoms with Gasteiger partial charge in [0.25, 0.3) is 0 Å². The van der Waals surface area contributed by atoms with Crippen molar-refractivity contribution in [2.75, 3.05) is 12.4 Å². The van der Waals surface area contributed by atoms with Crippen LogP contribution in [0.2, 0.25) is 0 Å². The summed E-state index contributed by atoms with van der Waals surface area (Å²) >= 11 is 0. The molecule has 0 aromatic heterocycles. The highest BCUT2D eigenvalue weighted by molar-refractivity contribution is 5.50. The number of anilines is 1. The SMILES string of the molecule is CCCCCCCCCCCCCCCCCCc1ccccc1NC. The van der Waals surface area contributed by atoms with Gasteiger partial charge in [-0.25, -0.2) is 0 Å². The van der Waals surface area contributed by atoms with Gasteiger partial charge >= 0.3 is 0 Å². The quantitative estimate of drug-likeness (QED) is 0.259. The van der Waals surface area contributed by atoms with E-state index in [-0.39, 0.29) is 0 Å². The van der Waals surface area contributed by atoms with Crippen LogP contribution in [0.25, 0.3) is 0 Å². The number of para-hydroxylation sites is 1. The zero-order chi connectivity index (χ0) is 18.7. The number of nitrogens with one attached hydrogen (secondary N) is 1. The molecule has 0 aliphatic rings. The van der Waals surface area contributed by atoms with Crippen molar-refractivity contribution in [3.05, 3.63) is 29.8 Å². The first kappa shape index (κ1) is 23.1. The van der Waals surface area contributed by atoms with Crippen LogP contribution in [0.5, 0.6) is 0 Å². The molecule has 150 valence electrons. The third-order valence-corrected chi connectivity index (χ3v) is 5.59. The Labute approximate surface area is 164 Å². The van der Waals surface area contributed by atoms with E-state index in [4.69, 9.17) is 0 Å². The topological polar surface area (TPSA) is 12.0 Å². The van der Waals surface area contributed by atoms with Gasteiger partial charge in [0.05, 0.1) is 0 Å². The molecule has 1 rings (SSSR count). The van der Waals surface area contributed by atoms with Crippen molar-refractivity contribution in [1.29, 1.82) is 0 Å². The van der Waals surface area contributed by atoms with Crippen LogP contribution < -0.4 is 5.32 Å². The summed E-state index contributed by atoms with van der Waals surface area (Å²) in [6, 6.07) is 8.71. The number of unbranched alkanes of at least 4 members (excludes halogenated alkanes) is 15. The maximum Gasteiger partial charge on any atom is 0.0370 e. The Kier molecular flexibility index (Phi) is 15.5. The first-order valence-corrected chi connectivity index (χ1v) is 11.6. The van der Waals surface area contributed by atoms with Crippen molar-refractivity contribution in [3.63, 3.8) is 0 Å². The maximum atomic E-state index is 3.30. The van der Waals surface area contributed by atoms with E-state index in [1.807, 2.05) is 7.05 Å². The lowest BCUT2D eigenvalue weighted by molar-refractivity contribution is 0.529. The molecule has 1 aromatic carbocycles. The maximum absolute atomic E-state index is 3.30. The number of rotatable bonds is 18. The molecule has 0 unspecified atom stereocenters. The van der Waals surface area contributed by atoms with Crippen molar-refractivity contribution in [3.8, 4) is 0 Å². The summed E-state index contributed by atoms with van der Waals surface area (Å²) in [5.74, 6) is 0. The number of hydrogen-bond donors (Lipinski definition) is 1. The van der Waals surface area contributed by atoms with Crippen molar-refractivity contribution in [2.45, 2.75) is 116 Å². The van der Waals surface area contributed by atoms with Gasteiger partial charge in [-0.05, 0) is 24.5 Å². The molecular formula is C25H45N. The van der Waals surface area contributed by atoms with Gasteiger partial charge in [0.15, 0.2) is 0 Å². The minimum absolute atomic E-state index is 1.22. The summed E-state index contributed by atoms with van der Waals surface area (Å²) in [6.45, 7) is 2.30. The van der Waals surface area contributed by atoms with Crippen LogP contribution in [0.4, 0.5) is 5.69 Å². The molecule has 1 nitrogen and oxygen atoms in total. The Morgan fingerprint density at radius 2 is 1.00 bits per heavy atom. The van der Waals surface area contributed by atoms with Gasteiger partial charge in [0, 0.05) is 12.7 Å². The van der Waals surface area contributed by atoms with Crippen LogP contribution in [-0.4, -0.2) is 7.05 Å². The number of aryl methyl sites for hydroxylation is 1. The molecule has 0 spiro atoms. The Balaban J connectivity index is 1.80. The standard InChI is InChI=1S/C25H45N/c1-3-4-5-6-7-8-9-10-11-12-13-14-15-16-17-18-21-24-22-19-20-23-25(24)26-2/h19-20,22-23,26H,3-18,21H2,1-2H3. The molecule has 0 fully saturated rings. The molecule has 0 aliphatic carbocycles. The van der Waals surface area contributed by atoms with Crippen molar-refractivity contribution in [1.82, 2.24) is 0 Å². The number of hydrogen-bond acceptors (Lipinski definition) is 1. The molecule has 26 heavy (non-hydrogen) atoms. The van der Waals surface area contributed by atoms with Crippen LogP contribution in [0.15, 0.2) is 24.3 Å². The third kappa shape index (κ3) is 12.4. The van der Waals surface area contributed by atoms with Crippen LogP contribution in [0, 0.1) is 0 Å². The highest BCUT2D eigenvalue weighted by Crippen LogP contribution is 2.18. The fraction of sp³-hybridized carbons (Fsp3) is 0.760. The van der Waals surface area contributed by atoms with Crippen LogP contribution in [0.3, 0.4) is 0 Å². The summed E-state index contributed by atoms with van der Waals surface area (Å²) in [6.07, 6.45) is 24.2. The Morgan fingerprint density at radius 1 is 0.577 bits per heavy atom. The second kappa shape index (κ2) is 17.4. The van der Waals surface area contributed by atoms with Crippen molar-refractivity contribution >= 4 is 5.69 Å². The molecule has 0 heterocycles. The van der Waals surface area contributed by atoms with E-state index in [0.717, 1.165) is 0 Å². The van der Waals surface area contributed by atoms with Gasteiger partial charge in [-0.2, -0.15) is 0 Å². The molecule has 1 aromatic rings. The van der Waals surface area contributed by atoms with Gasteiger partial charge in [-0.3, -0.25) is 0 Å². The van der Waals surface area contributed by atoms with Crippen molar-refractivity contribution < 1.29 is 0 Å². The Bertz CT molecular complexity index is 412. The monoisotopic (exact) mass is 359 g/mol. The fourth-order valence-corrected chi connectivity index (χ4v) is 3.85. The predicted octanol–water partition coefficient (Wildman–Crippen LogP) is 8.53. The highest BCUT2D eigenvalue weighted by Gasteiger charge is 1.99. The normalized spacial score (nSPS) is 11.0. The predicted molar refractivity (Wildman–Crippen MR) is 119 cm³/mol. The molecule has 1 heteroatoms. The molecular weight excluding hydrogens is 314 g/mol. The molecule has 0 amide bonds. The molecule has 0 saturated heterocycles. The Hall–Kier alpha value is -0.980. The summed E-state index contributed by atoms with van der Waals surface area (Å²) < 4.78 is 0. The number of benzene rings is 1. The molecule has 0 aliphatic heterocycles. The van der Waals surface area contributed by atoms with E-state index in [2.05, 4.69) is 36.5 Å². The fourth-order valence-electron chi connectivity index (χ4n) is 3.85. The average molecular weight is 360 g/mol. The minimum Gasteiger partial charge on any atom is -0.388 e. The zero-order valence-electron chi connectivity index (χ0n) is 17.8. The minimum atomic E-state index is 1.22. The lowest BCUT2D eigenvalue weighted by Gasteiger charge is -2.08. The molecule has 0 bridgehead atoms. The largest absolute Gasteiger partial charge is 0.388 e. The molecule has 0 saturated carbocycles.